The number of carbonyl (C=O) groups is 1. The van der Waals surface area contributed by atoms with Gasteiger partial charge in [-0.25, -0.2) is 0 Å². The van der Waals surface area contributed by atoms with Crippen molar-refractivity contribution in [2.45, 2.75) is 6.10 Å². The molecule has 0 saturated carbocycles. The highest BCUT2D eigenvalue weighted by atomic mass is 32.1. The normalized spacial score (nSPS) is 12.4. The van der Waals surface area contributed by atoms with Gasteiger partial charge in [-0.1, -0.05) is 0 Å². The quantitative estimate of drug-likeness (QED) is 0.557. The second-order valence-electron chi connectivity index (χ2n) is 4.79. The summed E-state index contributed by atoms with van der Waals surface area (Å²) in [6, 6.07) is 7.21. The molecule has 0 spiro atoms. The summed E-state index contributed by atoms with van der Waals surface area (Å²) in [4.78, 5) is 15.3. The van der Waals surface area contributed by atoms with Gasteiger partial charge in [0.25, 0.3) is 5.91 Å². The van der Waals surface area contributed by atoms with Crippen molar-refractivity contribution >= 4 is 33.8 Å². The Balaban J connectivity index is 1.74. The number of nitrogen functional groups attached to an aromatic ring is 1. The van der Waals surface area contributed by atoms with E-state index in [1.807, 2.05) is 22.9 Å². The summed E-state index contributed by atoms with van der Waals surface area (Å²) in [6.07, 6.45) is 0.951. The minimum atomic E-state index is -0.699. The highest BCUT2D eigenvalue weighted by molar-refractivity contribution is 7.07. The fourth-order valence-electron chi connectivity index (χ4n) is 2.19. The third-order valence-corrected chi connectivity index (χ3v) is 4.04. The van der Waals surface area contributed by atoms with E-state index < -0.39 is 6.10 Å². The number of nitrogens with one attached hydrogen (secondary N) is 2. The summed E-state index contributed by atoms with van der Waals surface area (Å²) < 4.78 is 0. The lowest BCUT2D eigenvalue weighted by Gasteiger charge is -2.10. The molecule has 3 aromatic rings. The van der Waals surface area contributed by atoms with Crippen LogP contribution >= 0.6 is 11.3 Å². The molecule has 1 atom stereocenters. The average Bonchev–Trinajstić information content (AvgIpc) is 3.13. The number of rotatable bonds is 4. The molecule has 1 aromatic carbocycles. The predicted octanol–water partition coefficient (Wildman–Crippen LogP) is 2.28. The SMILES string of the molecule is Nc1ccc2[nH]cc(C(=O)NCC(O)c3ccsc3)c2c1. The van der Waals surface area contributed by atoms with Gasteiger partial charge in [0.15, 0.2) is 0 Å². The number of fused-ring (bicyclic) bond motifs is 1. The van der Waals surface area contributed by atoms with Gasteiger partial charge in [-0.3, -0.25) is 4.79 Å². The number of carbonyl (C=O) groups excluding carboxylic acids is 1. The lowest BCUT2D eigenvalue weighted by molar-refractivity contribution is 0.0918. The molecule has 2 heterocycles. The van der Waals surface area contributed by atoms with Crippen LogP contribution in [0.15, 0.2) is 41.2 Å². The zero-order valence-electron chi connectivity index (χ0n) is 11.2. The first-order valence-electron chi connectivity index (χ1n) is 6.50. The summed E-state index contributed by atoms with van der Waals surface area (Å²) in [5.41, 5.74) is 8.55. The van der Waals surface area contributed by atoms with Crippen LogP contribution in [0.5, 0.6) is 0 Å². The number of amides is 1. The lowest BCUT2D eigenvalue weighted by Crippen LogP contribution is -2.28. The van der Waals surface area contributed by atoms with E-state index in [-0.39, 0.29) is 12.5 Å². The smallest absolute Gasteiger partial charge is 0.253 e. The number of aliphatic hydroxyl groups excluding tert-OH is 1. The van der Waals surface area contributed by atoms with Crippen molar-refractivity contribution < 1.29 is 9.90 Å². The maximum absolute atomic E-state index is 12.2. The second-order valence-corrected chi connectivity index (χ2v) is 5.57. The van der Waals surface area contributed by atoms with Crippen LogP contribution in [0.3, 0.4) is 0 Å². The standard InChI is InChI=1S/C15H15N3O2S/c16-10-1-2-13-11(5-10)12(6-17-13)15(20)18-7-14(19)9-3-4-21-8-9/h1-6,8,14,17,19H,7,16H2,(H,18,20). The molecule has 0 aliphatic carbocycles. The number of benzene rings is 1. The molecule has 108 valence electrons. The Hall–Kier alpha value is -2.31. The first-order valence-corrected chi connectivity index (χ1v) is 7.44. The molecule has 0 radical (unpaired) electrons. The van der Waals surface area contributed by atoms with Crippen molar-refractivity contribution in [3.8, 4) is 0 Å². The number of aliphatic hydroxyl groups is 1. The molecule has 6 heteroatoms. The summed E-state index contributed by atoms with van der Waals surface area (Å²) >= 11 is 1.51. The van der Waals surface area contributed by atoms with E-state index in [9.17, 15) is 9.90 Å². The summed E-state index contributed by atoms with van der Waals surface area (Å²) in [5, 5.41) is 17.2. The van der Waals surface area contributed by atoms with Gasteiger partial charge in [0.2, 0.25) is 0 Å². The Morgan fingerprint density at radius 2 is 2.29 bits per heavy atom. The molecule has 5 N–H and O–H groups in total. The summed E-state index contributed by atoms with van der Waals surface area (Å²) in [5.74, 6) is -0.235. The first kappa shape index (κ1) is 13.7. The van der Waals surface area contributed by atoms with Gasteiger partial charge in [0.05, 0.1) is 11.7 Å². The number of thiophene rings is 1. The van der Waals surface area contributed by atoms with Gasteiger partial charge in [-0.05, 0) is 40.6 Å². The molecule has 0 aliphatic heterocycles. The molecular formula is C15H15N3O2S. The van der Waals surface area contributed by atoms with Gasteiger partial charge in [-0.15, -0.1) is 0 Å². The van der Waals surface area contributed by atoms with Crippen LogP contribution in [0.2, 0.25) is 0 Å². The molecule has 3 rings (SSSR count). The van der Waals surface area contributed by atoms with E-state index >= 15 is 0 Å². The van der Waals surface area contributed by atoms with Crippen molar-refractivity contribution in [1.29, 1.82) is 0 Å². The topological polar surface area (TPSA) is 91.1 Å². The molecule has 0 bridgehead atoms. The van der Waals surface area contributed by atoms with E-state index in [0.717, 1.165) is 16.5 Å². The van der Waals surface area contributed by atoms with Crippen LogP contribution in [0.4, 0.5) is 5.69 Å². The Bertz CT molecular complexity index is 764. The largest absolute Gasteiger partial charge is 0.399 e. The van der Waals surface area contributed by atoms with Gasteiger partial charge in [0.1, 0.15) is 0 Å². The Labute approximate surface area is 125 Å². The van der Waals surface area contributed by atoms with Crippen LogP contribution in [0.1, 0.15) is 22.0 Å². The van der Waals surface area contributed by atoms with Crippen molar-refractivity contribution in [3.63, 3.8) is 0 Å². The third-order valence-electron chi connectivity index (χ3n) is 3.33. The van der Waals surface area contributed by atoms with E-state index in [2.05, 4.69) is 10.3 Å². The van der Waals surface area contributed by atoms with Gasteiger partial charge in [0, 0.05) is 29.3 Å². The number of aromatic nitrogens is 1. The Morgan fingerprint density at radius 1 is 1.43 bits per heavy atom. The average molecular weight is 301 g/mol. The maximum atomic E-state index is 12.2. The number of nitrogens with two attached hydrogens (primary N) is 1. The van der Waals surface area contributed by atoms with Crippen LogP contribution in [-0.2, 0) is 0 Å². The molecule has 0 saturated heterocycles. The predicted molar refractivity (Wildman–Crippen MR) is 84.3 cm³/mol. The van der Waals surface area contributed by atoms with Crippen LogP contribution in [-0.4, -0.2) is 22.5 Å². The maximum Gasteiger partial charge on any atom is 0.253 e. The van der Waals surface area contributed by atoms with Crippen molar-refractivity contribution in [3.05, 3.63) is 52.3 Å². The van der Waals surface area contributed by atoms with E-state index in [0.29, 0.717) is 11.3 Å². The highest BCUT2D eigenvalue weighted by Gasteiger charge is 2.14. The monoisotopic (exact) mass is 301 g/mol. The highest BCUT2D eigenvalue weighted by Crippen LogP contribution is 2.21. The van der Waals surface area contributed by atoms with Gasteiger partial charge in [-0.2, -0.15) is 11.3 Å². The van der Waals surface area contributed by atoms with E-state index in [4.69, 9.17) is 5.73 Å². The van der Waals surface area contributed by atoms with Crippen molar-refractivity contribution in [2.24, 2.45) is 0 Å². The first-order chi connectivity index (χ1) is 10.1. The van der Waals surface area contributed by atoms with Crippen molar-refractivity contribution in [2.75, 3.05) is 12.3 Å². The summed E-state index contributed by atoms with van der Waals surface area (Å²) in [6.45, 7) is 0.171. The Morgan fingerprint density at radius 3 is 3.05 bits per heavy atom. The Kier molecular flexibility index (Phi) is 3.64. The fourth-order valence-corrected chi connectivity index (χ4v) is 2.90. The fraction of sp³-hybridized carbons (Fsp3) is 0.133. The molecule has 0 fully saturated rings. The lowest BCUT2D eigenvalue weighted by atomic mass is 10.1. The molecule has 2 aromatic heterocycles. The molecular weight excluding hydrogens is 286 g/mol. The number of hydrogen-bond acceptors (Lipinski definition) is 4. The van der Waals surface area contributed by atoms with E-state index in [1.165, 1.54) is 11.3 Å². The van der Waals surface area contributed by atoms with Crippen LogP contribution < -0.4 is 11.1 Å². The summed E-state index contributed by atoms with van der Waals surface area (Å²) in [7, 11) is 0. The molecule has 5 nitrogen and oxygen atoms in total. The third kappa shape index (κ3) is 2.76. The van der Waals surface area contributed by atoms with Crippen LogP contribution in [0, 0.1) is 0 Å². The number of anilines is 1. The zero-order chi connectivity index (χ0) is 14.8. The second kappa shape index (κ2) is 5.59. The van der Waals surface area contributed by atoms with Crippen molar-refractivity contribution in [1.82, 2.24) is 10.3 Å². The van der Waals surface area contributed by atoms with Crippen LogP contribution in [0.25, 0.3) is 10.9 Å². The minimum Gasteiger partial charge on any atom is -0.399 e. The van der Waals surface area contributed by atoms with Gasteiger partial charge >= 0.3 is 0 Å². The zero-order valence-corrected chi connectivity index (χ0v) is 12.0. The number of aromatic amines is 1. The van der Waals surface area contributed by atoms with E-state index in [1.54, 1.807) is 18.3 Å². The van der Waals surface area contributed by atoms with Gasteiger partial charge < -0.3 is 21.1 Å². The minimum absolute atomic E-state index is 0.171. The molecule has 1 unspecified atom stereocenters. The number of hydrogen-bond donors (Lipinski definition) is 4. The molecule has 0 aliphatic rings. The molecule has 1 amide bonds. The number of H-pyrrole nitrogens is 1. The molecule has 21 heavy (non-hydrogen) atoms.